The maximum atomic E-state index is 12.1. The largest absolute Gasteiger partial charge is 0.481 e. The molecule has 8 heteroatoms. The minimum absolute atomic E-state index is 0.0871. The Bertz CT molecular complexity index is 380. The van der Waals surface area contributed by atoms with Crippen LogP contribution in [0.3, 0.4) is 0 Å². The summed E-state index contributed by atoms with van der Waals surface area (Å²) in [5.74, 6) is -2.09. The predicted molar refractivity (Wildman–Crippen MR) is 85.6 cm³/mol. The number of carboxylic acids is 2. The van der Waals surface area contributed by atoms with E-state index in [0.717, 1.165) is 0 Å². The number of carboxylic acid groups (broad SMARTS) is 2. The number of hydrogen-bond acceptors (Lipinski definition) is 6. The Morgan fingerprint density at radius 2 is 1.33 bits per heavy atom. The second-order valence-electron chi connectivity index (χ2n) is 5.76. The van der Waals surface area contributed by atoms with Crippen molar-refractivity contribution >= 4 is 11.9 Å². The van der Waals surface area contributed by atoms with Crippen molar-refractivity contribution in [2.75, 3.05) is 14.2 Å². The topological polar surface area (TPSA) is 112 Å². The van der Waals surface area contributed by atoms with E-state index >= 15 is 0 Å². The summed E-state index contributed by atoms with van der Waals surface area (Å²) in [4.78, 5) is 22.9. The average molecular weight is 350 g/mol. The highest BCUT2D eigenvalue weighted by Crippen LogP contribution is 2.38. The van der Waals surface area contributed by atoms with E-state index in [9.17, 15) is 14.7 Å². The third-order valence-corrected chi connectivity index (χ3v) is 4.29. The molecule has 142 valence electrons. The van der Waals surface area contributed by atoms with Crippen LogP contribution in [-0.4, -0.2) is 61.2 Å². The molecule has 0 aromatic heterocycles. The molecule has 0 saturated heterocycles. The van der Waals surface area contributed by atoms with Gasteiger partial charge in [0, 0.05) is 20.6 Å². The molecule has 2 N–H and O–H groups in total. The molecule has 24 heavy (non-hydrogen) atoms. The molecule has 0 saturated carbocycles. The van der Waals surface area contributed by atoms with Gasteiger partial charge in [0.2, 0.25) is 0 Å². The monoisotopic (exact) mass is 350 g/mol. The van der Waals surface area contributed by atoms with E-state index < -0.39 is 42.1 Å². The Morgan fingerprint density at radius 3 is 1.62 bits per heavy atom. The number of methoxy groups -OCH3 is 2. The van der Waals surface area contributed by atoms with Crippen LogP contribution < -0.4 is 0 Å². The summed E-state index contributed by atoms with van der Waals surface area (Å²) in [5.41, 5.74) is -1.44. The van der Waals surface area contributed by atoms with Gasteiger partial charge < -0.3 is 29.2 Å². The summed E-state index contributed by atoms with van der Waals surface area (Å²) in [6, 6.07) is 0. The predicted octanol–water partition coefficient (Wildman–Crippen LogP) is 2.11. The normalized spacial score (nSPS) is 19.1. The number of carbonyl (C=O) groups is 2. The van der Waals surface area contributed by atoms with Crippen LogP contribution in [0.4, 0.5) is 0 Å². The zero-order valence-electron chi connectivity index (χ0n) is 15.3. The molecule has 0 aromatic carbocycles. The van der Waals surface area contributed by atoms with Gasteiger partial charge in [-0.2, -0.15) is 0 Å². The van der Waals surface area contributed by atoms with E-state index in [4.69, 9.17) is 24.1 Å². The standard InChI is InChI=1S/C16H30O8/c1-10(23-12(3)21-5)16(15(19)20,9-7-8-14(17)18)11(2)24-13(4)22-6/h10-13H,7-9H2,1-6H3,(H,17,18)(H,19,20). The van der Waals surface area contributed by atoms with Crippen LogP contribution in [0.2, 0.25) is 0 Å². The van der Waals surface area contributed by atoms with Gasteiger partial charge in [-0.15, -0.1) is 0 Å². The molecule has 0 bridgehead atoms. The first kappa shape index (κ1) is 22.8. The van der Waals surface area contributed by atoms with Gasteiger partial charge in [-0.25, -0.2) is 0 Å². The van der Waals surface area contributed by atoms with Crippen molar-refractivity contribution < 1.29 is 38.7 Å². The minimum atomic E-state index is -1.44. The van der Waals surface area contributed by atoms with E-state index in [0.29, 0.717) is 0 Å². The lowest BCUT2D eigenvalue weighted by molar-refractivity contribution is -0.230. The lowest BCUT2D eigenvalue weighted by atomic mass is 9.73. The van der Waals surface area contributed by atoms with Crippen molar-refractivity contribution in [3.05, 3.63) is 0 Å². The van der Waals surface area contributed by atoms with Gasteiger partial charge in [0.05, 0.1) is 12.2 Å². The molecule has 8 nitrogen and oxygen atoms in total. The van der Waals surface area contributed by atoms with Crippen molar-refractivity contribution in [3.63, 3.8) is 0 Å². The number of aliphatic carboxylic acids is 2. The molecule has 0 rings (SSSR count). The lowest BCUT2D eigenvalue weighted by Crippen LogP contribution is -2.53. The van der Waals surface area contributed by atoms with Crippen molar-refractivity contribution in [2.45, 2.75) is 71.7 Å². The van der Waals surface area contributed by atoms with Crippen LogP contribution in [-0.2, 0) is 28.5 Å². The maximum absolute atomic E-state index is 12.1. The van der Waals surface area contributed by atoms with E-state index in [-0.39, 0.29) is 19.3 Å². The highest BCUT2D eigenvalue weighted by molar-refractivity contribution is 5.76. The van der Waals surface area contributed by atoms with Crippen LogP contribution in [0.5, 0.6) is 0 Å². The molecule has 0 amide bonds. The summed E-state index contributed by atoms with van der Waals surface area (Å²) in [6.45, 7) is 6.57. The molecular weight excluding hydrogens is 320 g/mol. The van der Waals surface area contributed by atoms with Gasteiger partial charge >= 0.3 is 11.9 Å². The van der Waals surface area contributed by atoms with Crippen LogP contribution in [0.1, 0.15) is 47.0 Å². The molecule has 0 aromatic rings. The SMILES string of the molecule is COC(C)OC(C)C(CCCC(=O)O)(C(=O)O)C(C)OC(C)OC. The smallest absolute Gasteiger partial charge is 0.314 e. The van der Waals surface area contributed by atoms with Crippen LogP contribution in [0, 0.1) is 5.41 Å². The van der Waals surface area contributed by atoms with E-state index in [1.54, 1.807) is 27.7 Å². The fraction of sp³-hybridized carbons (Fsp3) is 0.875. The second kappa shape index (κ2) is 10.6. The fourth-order valence-corrected chi connectivity index (χ4v) is 2.65. The van der Waals surface area contributed by atoms with Gasteiger partial charge in [0.15, 0.2) is 12.6 Å². The molecule has 0 aliphatic heterocycles. The zero-order chi connectivity index (χ0) is 18.9. The van der Waals surface area contributed by atoms with Crippen LogP contribution >= 0.6 is 0 Å². The van der Waals surface area contributed by atoms with E-state index in [1.165, 1.54) is 14.2 Å². The number of rotatable bonds is 13. The van der Waals surface area contributed by atoms with Crippen molar-refractivity contribution in [1.29, 1.82) is 0 Å². The quantitative estimate of drug-likeness (QED) is 0.486. The van der Waals surface area contributed by atoms with Crippen molar-refractivity contribution in [2.24, 2.45) is 5.41 Å². The van der Waals surface area contributed by atoms with Crippen LogP contribution in [0.15, 0.2) is 0 Å². The summed E-state index contributed by atoms with van der Waals surface area (Å²) < 4.78 is 21.4. The highest BCUT2D eigenvalue weighted by Gasteiger charge is 2.50. The Morgan fingerprint density at radius 1 is 0.917 bits per heavy atom. The summed E-state index contributed by atoms with van der Waals surface area (Å²) in [7, 11) is 2.91. The Balaban J connectivity index is 5.51. The van der Waals surface area contributed by atoms with Gasteiger partial charge in [-0.1, -0.05) is 0 Å². The fourth-order valence-electron chi connectivity index (χ4n) is 2.65. The van der Waals surface area contributed by atoms with Gasteiger partial charge in [-0.3, -0.25) is 9.59 Å². The van der Waals surface area contributed by atoms with E-state index in [1.807, 2.05) is 0 Å². The van der Waals surface area contributed by atoms with Gasteiger partial charge in [0.1, 0.15) is 5.41 Å². The molecular formula is C16H30O8. The van der Waals surface area contributed by atoms with Gasteiger partial charge in [0.25, 0.3) is 0 Å². The maximum Gasteiger partial charge on any atom is 0.314 e. The van der Waals surface area contributed by atoms with Crippen molar-refractivity contribution in [1.82, 2.24) is 0 Å². The highest BCUT2D eigenvalue weighted by atomic mass is 16.7. The first-order chi connectivity index (χ1) is 11.1. The van der Waals surface area contributed by atoms with Crippen molar-refractivity contribution in [3.8, 4) is 0 Å². The molecule has 0 aliphatic rings. The summed E-state index contributed by atoms with van der Waals surface area (Å²) in [5, 5.41) is 18.8. The number of ether oxygens (including phenoxy) is 4. The Kier molecular flexibility index (Phi) is 10.1. The number of hydrogen-bond donors (Lipinski definition) is 2. The first-order valence-corrected chi connectivity index (χ1v) is 7.93. The Hall–Kier alpha value is -1.22. The molecule has 0 fully saturated rings. The lowest BCUT2D eigenvalue weighted by Gasteiger charge is -2.41. The summed E-state index contributed by atoms with van der Waals surface area (Å²) in [6.07, 6.45) is -2.60. The van der Waals surface area contributed by atoms with E-state index in [2.05, 4.69) is 0 Å². The Labute approximate surface area is 143 Å². The molecule has 0 aliphatic carbocycles. The first-order valence-electron chi connectivity index (χ1n) is 7.93. The third kappa shape index (κ3) is 6.35. The third-order valence-electron chi connectivity index (χ3n) is 4.29. The van der Waals surface area contributed by atoms with Gasteiger partial charge in [-0.05, 0) is 40.5 Å². The molecule has 0 spiro atoms. The zero-order valence-corrected chi connectivity index (χ0v) is 15.3. The van der Waals surface area contributed by atoms with Crippen LogP contribution in [0.25, 0.3) is 0 Å². The molecule has 4 unspecified atom stereocenters. The molecule has 0 radical (unpaired) electrons. The average Bonchev–Trinajstić information content (AvgIpc) is 2.50. The summed E-state index contributed by atoms with van der Waals surface area (Å²) >= 11 is 0. The molecule has 0 heterocycles. The molecule has 4 atom stereocenters. The second-order valence-corrected chi connectivity index (χ2v) is 5.76. The minimum Gasteiger partial charge on any atom is -0.481 e.